The summed E-state index contributed by atoms with van der Waals surface area (Å²) in [5, 5.41) is 6.46. The van der Waals surface area contributed by atoms with Gasteiger partial charge in [0, 0.05) is 6.54 Å². The van der Waals surface area contributed by atoms with Gasteiger partial charge in [-0.1, -0.05) is 30.3 Å². The number of benzene rings is 1. The van der Waals surface area contributed by atoms with Crippen LogP contribution in [0.2, 0.25) is 0 Å². The Morgan fingerprint density at radius 1 is 1.29 bits per heavy atom. The van der Waals surface area contributed by atoms with E-state index < -0.39 is 0 Å². The van der Waals surface area contributed by atoms with Crippen LogP contribution in [0.1, 0.15) is 5.56 Å². The Bertz CT molecular complexity index is 456. The van der Waals surface area contributed by atoms with Crippen molar-refractivity contribution in [3.8, 4) is 0 Å². The van der Waals surface area contributed by atoms with Crippen LogP contribution in [0.4, 0.5) is 6.01 Å². The number of nitrogens with zero attached hydrogens (tertiary/aromatic N) is 1. The third kappa shape index (κ3) is 3.88. The van der Waals surface area contributed by atoms with Gasteiger partial charge < -0.3 is 9.73 Å². The zero-order valence-corrected chi connectivity index (χ0v) is 10.0. The molecule has 0 aliphatic carbocycles. The highest BCUT2D eigenvalue weighted by molar-refractivity contribution is 7.80. The topological polar surface area (TPSA) is 50.1 Å². The first-order valence-electron chi connectivity index (χ1n) is 5.33. The molecule has 0 saturated heterocycles. The standard InChI is InChI=1S/C12H13N3OS/c17-12(15-11-13-8-9-16-11)14-7-6-10-4-2-1-3-5-10/h1-5,8-9H,6-7H2,(H2,13,14,15,17). The second kappa shape index (κ2) is 6.00. The molecular formula is C12H13N3OS. The summed E-state index contributed by atoms with van der Waals surface area (Å²) in [4.78, 5) is 3.92. The second-order valence-corrected chi connectivity index (χ2v) is 3.86. The summed E-state index contributed by atoms with van der Waals surface area (Å²) in [5.41, 5.74) is 1.28. The van der Waals surface area contributed by atoms with Crippen LogP contribution in [-0.2, 0) is 6.42 Å². The van der Waals surface area contributed by atoms with Crippen molar-refractivity contribution in [3.63, 3.8) is 0 Å². The average Bonchev–Trinajstić information content (AvgIpc) is 2.83. The van der Waals surface area contributed by atoms with Gasteiger partial charge in [-0.2, -0.15) is 0 Å². The van der Waals surface area contributed by atoms with Crippen LogP contribution < -0.4 is 10.6 Å². The Kier molecular flexibility index (Phi) is 4.10. The predicted molar refractivity (Wildman–Crippen MR) is 70.9 cm³/mol. The van der Waals surface area contributed by atoms with Gasteiger partial charge in [0.05, 0.1) is 6.20 Å². The van der Waals surface area contributed by atoms with E-state index in [2.05, 4.69) is 27.8 Å². The molecule has 2 aromatic rings. The summed E-state index contributed by atoms with van der Waals surface area (Å²) < 4.78 is 5.02. The third-order valence-corrected chi connectivity index (χ3v) is 2.44. The van der Waals surface area contributed by atoms with Crippen molar-refractivity contribution < 1.29 is 4.42 Å². The molecule has 2 rings (SSSR count). The van der Waals surface area contributed by atoms with Crippen LogP contribution in [0, 0.1) is 0 Å². The molecule has 1 aromatic carbocycles. The largest absolute Gasteiger partial charge is 0.432 e. The number of anilines is 1. The molecule has 17 heavy (non-hydrogen) atoms. The van der Waals surface area contributed by atoms with Crippen LogP contribution in [0.5, 0.6) is 0 Å². The molecule has 0 fully saturated rings. The fourth-order valence-corrected chi connectivity index (χ4v) is 1.58. The number of rotatable bonds is 4. The average molecular weight is 247 g/mol. The molecule has 2 N–H and O–H groups in total. The predicted octanol–water partition coefficient (Wildman–Crippen LogP) is 2.20. The molecule has 0 unspecified atom stereocenters. The molecule has 1 aromatic heterocycles. The molecule has 1 heterocycles. The molecule has 0 aliphatic heterocycles. The molecule has 0 aliphatic rings. The number of aromatic nitrogens is 1. The summed E-state index contributed by atoms with van der Waals surface area (Å²) in [7, 11) is 0. The molecule has 5 heteroatoms. The van der Waals surface area contributed by atoms with Crippen molar-refractivity contribution in [2.24, 2.45) is 0 Å². The molecule has 0 spiro atoms. The summed E-state index contributed by atoms with van der Waals surface area (Å²) >= 11 is 5.10. The zero-order chi connectivity index (χ0) is 11.9. The number of nitrogens with one attached hydrogen (secondary N) is 2. The van der Waals surface area contributed by atoms with Crippen LogP contribution in [-0.4, -0.2) is 16.6 Å². The molecule has 0 radical (unpaired) electrons. The minimum Gasteiger partial charge on any atom is -0.432 e. The Labute approximate surface area is 105 Å². The van der Waals surface area contributed by atoms with Gasteiger partial charge in [0.25, 0.3) is 0 Å². The van der Waals surface area contributed by atoms with Gasteiger partial charge >= 0.3 is 6.01 Å². The maximum Gasteiger partial charge on any atom is 0.300 e. The van der Waals surface area contributed by atoms with Crippen LogP contribution >= 0.6 is 12.2 Å². The van der Waals surface area contributed by atoms with Crippen molar-refractivity contribution >= 4 is 23.3 Å². The fraction of sp³-hybridized carbons (Fsp3) is 0.167. The number of hydrogen-bond donors (Lipinski definition) is 2. The van der Waals surface area contributed by atoms with Crippen molar-refractivity contribution in [1.82, 2.24) is 10.3 Å². The Balaban J connectivity index is 1.70. The smallest absolute Gasteiger partial charge is 0.300 e. The summed E-state index contributed by atoms with van der Waals surface area (Å²) in [6.45, 7) is 0.774. The van der Waals surface area contributed by atoms with Crippen LogP contribution in [0.15, 0.2) is 47.2 Å². The van der Waals surface area contributed by atoms with Crippen LogP contribution in [0.25, 0.3) is 0 Å². The van der Waals surface area contributed by atoms with Gasteiger partial charge in [0.15, 0.2) is 5.11 Å². The van der Waals surface area contributed by atoms with Gasteiger partial charge in [-0.15, -0.1) is 0 Å². The fourth-order valence-electron chi connectivity index (χ4n) is 1.39. The first-order valence-corrected chi connectivity index (χ1v) is 5.74. The SMILES string of the molecule is S=C(NCCc1ccccc1)Nc1ncco1. The highest BCUT2D eigenvalue weighted by atomic mass is 32.1. The molecule has 0 atom stereocenters. The normalized spacial score (nSPS) is 9.88. The van der Waals surface area contributed by atoms with E-state index >= 15 is 0 Å². The van der Waals surface area contributed by atoms with E-state index in [1.165, 1.54) is 11.8 Å². The monoisotopic (exact) mass is 247 g/mol. The van der Waals surface area contributed by atoms with Crippen molar-refractivity contribution in [3.05, 3.63) is 48.4 Å². The van der Waals surface area contributed by atoms with Gasteiger partial charge in [0.1, 0.15) is 6.26 Å². The van der Waals surface area contributed by atoms with E-state index in [1.807, 2.05) is 18.2 Å². The summed E-state index contributed by atoms with van der Waals surface area (Å²) in [6, 6.07) is 10.6. The van der Waals surface area contributed by atoms with Crippen molar-refractivity contribution in [1.29, 1.82) is 0 Å². The first kappa shape index (κ1) is 11.6. The van der Waals surface area contributed by atoms with E-state index in [-0.39, 0.29) is 0 Å². The van der Waals surface area contributed by atoms with Gasteiger partial charge in [0.2, 0.25) is 0 Å². The van der Waals surface area contributed by atoms with Gasteiger partial charge in [-0.05, 0) is 24.2 Å². The molecule has 4 nitrogen and oxygen atoms in total. The third-order valence-electron chi connectivity index (χ3n) is 2.19. The van der Waals surface area contributed by atoms with Crippen LogP contribution in [0.3, 0.4) is 0 Å². The summed E-state index contributed by atoms with van der Waals surface area (Å²) in [6.07, 6.45) is 3.98. The van der Waals surface area contributed by atoms with E-state index in [4.69, 9.17) is 16.6 Å². The van der Waals surface area contributed by atoms with Crippen molar-refractivity contribution in [2.75, 3.05) is 11.9 Å². The molecule has 0 amide bonds. The lowest BCUT2D eigenvalue weighted by Gasteiger charge is -2.07. The minimum atomic E-state index is 0.405. The zero-order valence-electron chi connectivity index (χ0n) is 9.22. The van der Waals surface area contributed by atoms with Gasteiger partial charge in [-0.3, -0.25) is 5.32 Å². The Hall–Kier alpha value is -1.88. The lowest BCUT2D eigenvalue weighted by molar-refractivity contribution is 0.578. The first-order chi connectivity index (χ1) is 8.34. The quantitative estimate of drug-likeness (QED) is 0.811. The van der Waals surface area contributed by atoms with E-state index in [1.54, 1.807) is 6.20 Å². The maximum absolute atomic E-state index is 5.10. The van der Waals surface area contributed by atoms with E-state index in [0.717, 1.165) is 13.0 Å². The highest BCUT2D eigenvalue weighted by Gasteiger charge is 2.00. The second-order valence-electron chi connectivity index (χ2n) is 3.45. The Morgan fingerprint density at radius 2 is 2.12 bits per heavy atom. The Morgan fingerprint density at radius 3 is 2.82 bits per heavy atom. The lowest BCUT2D eigenvalue weighted by atomic mass is 10.1. The molecular weight excluding hydrogens is 234 g/mol. The number of thiocarbonyl (C=S) groups is 1. The molecule has 0 saturated carbocycles. The maximum atomic E-state index is 5.10. The lowest BCUT2D eigenvalue weighted by Crippen LogP contribution is -2.30. The molecule has 0 bridgehead atoms. The van der Waals surface area contributed by atoms with Crippen molar-refractivity contribution in [2.45, 2.75) is 6.42 Å². The summed E-state index contributed by atoms with van der Waals surface area (Å²) in [5.74, 6) is 0. The number of hydrogen-bond acceptors (Lipinski definition) is 3. The van der Waals surface area contributed by atoms with E-state index in [9.17, 15) is 0 Å². The molecule has 88 valence electrons. The highest BCUT2D eigenvalue weighted by Crippen LogP contribution is 2.01. The van der Waals surface area contributed by atoms with Gasteiger partial charge in [-0.25, -0.2) is 4.98 Å². The van der Waals surface area contributed by atoms with E-state index in [0.29, 0.717) is 11.1 Å². The number of oxazole rings is 1. The minimum absolute atomic E-state index is 0.405.